The van der Waals surface area contributed by atoms with Gasteiger partial charge in [0.25, 0.3) is 0 Å². The number of halogens is 1. The van der Waals surface area contributed by atoms with Crippen molar-refractivity contribution >= 4 is 27.7 Å². The predicted octanol–water partition coefficient (Wildman–Crippen LogP) is 6.80. The highest BCUT2D eigenvalue weighted by Gasteiger charge is 2.28. The zero-order valence-corrected chi connectivity index (χ0v) is 25.0. The Morgan fingerprint density at radius 1 is 1.00 bits per heavy atom. The first kappa shape index (κ1) is 30.4. The minimum absolute atomic E-state index is 0.0626. The number of nitrogens with zero attached hydrogens (tertiary/aromatic N) is 3. The smallest absolute Gasteiger partial charge is 0.242 e. The van der Waals surface area contributed by atoms with Gasteiger partial charge in [0, 0.05) is 55.6 Å². The number of carbonyl (C=O) groups excluding carboxylic acids is 2. The maximum absolute atomic E-state index is 13.9. The molecule has 0 radical (unpaired) electrons. The Kier molecular flexibility index (Phi) is 13.4. The summed E-state index contributed by atoms with van der Waals surface area (Å²) < 4.78 is 8.54. The van der Waals surface area contributed by atoms with Crippen molar-refractivity contribution in [2.45, 2.75) is 96.7 Å². The van der Waals surface area contributed by atoms with E-state index in [1.807, 2.05) is 0 Å². The molecule has 0 unspecified atom stereocenters. The van der Waals surface area contributed by atoms with Crippen molar-refractivity contribution < 1.29 is 14.3 Å². The summed E-state index contributed by atoms with van der Waals surface area (Å²) in [4.78, 5) is 30.9. The average Bonchev–Trinajstić information content (AvgIpc) is 3.37. The maximum Gasteiger partial charge on any atom is 0.242 e. The third-order valence-electron chi connectivity index (χ3n) is 7.56. The van der Waals surface area contributed by atoms with Gasteiger partial charge in [-0.05, 0) is 55.5 Å². The molecule has 1 aliphatic carbocycles. The molecule has 1 aromatic heterocycles. The van der Waals surface area contributed by atoms with Crippen LogP contribution >= 0.6 is 15.9 Å². The molecule has 3 rings (SSSR count). The number of amides is 2. The van der Waals surface area contributed by atoms with Crippen LogP contribution in [0.25, 0.3) is 0 Å². The zero-order chi connectivity index (χ0) is 27.2. The molecule has 0 atom stereocenters. The number of ether oxygens (including phenoxy) is 1. The maximum atomic E-state index is 13.9. The molecule has 1 aromatic carbocycles. The van der Waals surface area contributed by atoms with Crippen molar-refractivity contribution in [3.8, 4) is 0 Å². The fourth-order valence-electron chi connectivity index (χ4n) is 5.33. The number of carbonyl (C=O) groups is 2. The summed E-state index contributed by atoms with van der Waals surface area (Å²) in [6, 6.07) is 12.8. The Labute approximate surface area is 237 Å². The average molecular weight is 589 g/mol. The Morgan fingerprint density at radius 2 is 1.76 bits per heavy atom. The standard InChI is InChI=1S/C31H46BrN3O3/c1-3-4-5-9-15-30(36)34(21-11-22-38-2)25-31(37)35(28-12-7-6-8-13-28)24-29-14-10-20-33(29)23-26-16-18-27(32)19-17-26/h10,14,16-20,28H,3-9,11-13,15,21-25H2,1-2H3. The first-order valence-corrected chi connectivity index (χ1v) is 15.3. The second-order valence-corrected chi connectivity index (χ2v) is 11.5. The lowest BCUT2D eigenvalue weighted by Gasteiger charge is -2.36. The van der Waals surface area contributed by atoms with Crippen molar-refractivity contribution in [1.82, 2.24) is 14.4 Å². The van der Waals surface area contributed by atoms with E-state index in [0.29, 0.717) is 26.1 Å². The van der Waals surface area contributed by atoms with Crippen LogP contribution in [0, 0.1) is 0 Å². The predicted molar refractivity (Wildman–Crippen MR) is 157 cm³/mol. The van der Waals surface area contributed by atoms with E-state index in [9.17, 15) is 9.59 Å². The largest absolute Gasteiger partial charge is 0.385 e. The number of rotatable bonds is 16. The van der Waals surface area contributed by atoms with Crippen LogP contribution in [0.1, 0.15) is 88.8 Å². The monoisotopic (exact) mass is 587 g/mol. The van der Waals surface area contributed by atoms with Gasteiger partial charge >= 0.3 is 0 Å². The summed E-state index contributed by atoms with van der Waals surface area (Å²) in [5.41, 5.74) is 2.35. The molecule has 210 valence electrons. The minimum Gasteiger partial charge on any atom is -0.385 e. The van der Waals surface area contributed by atoms with Gasteiger partial charge in [-0.3, -0.25) is 9.59 Å². The fourth-order valence-corrected chi connectivity index (χ4v) is 5.59. The number of benzene rings is 1. The van der Waals surface area contributed by atoms with Crippen molar-refractivity contribution in [3.63, 3.8) is 0 Å². The third-order valence-corrected chi connectivity index (χ3v) is 8.09. The normalized spacial score (nSPS) is 14.0. The fraction of sp³-hybridized carbons (Fsp3) is 0.613. The Morgan fingerprint density at radius 3 is 2.47 bits per heavy atom. The molecule has 6 nitrogen and oxygen atoms in total. The molecule has 0 saturated heterocycles. The second kappa shape index (κ2) is 16.8. The van der Waals surface area contributed by atoms with Crippen molar-refractivity contribution in [2.24, 2.45) is 0 Å². The molecule has 0 N–H and O–H groups in total. The SMILES string of the molecule is CCCCCCC(=O)N(CCCOC)CC(=O)N(Cc1cccn1Cc1ccc(Br)cc1)C1CCCCC1. The van der Waals surface area contributed by atoms with Crippen LogP contribution in [-0.4, -0.2) is 59.0 Å². The highest BCUT2D eigenvalue weighted by Crippen LogP contribution is 2.25. The summed E-state index contributed by atoms with van der Waals surface area (Å²) in [7, 11) is 1.68. The van der Waals surface area contributed by atoms with Crippen LogP contribution in [0.3, 0.4) is 0 Å². The Bertz CT molecular complexity index is 969. The van der Waals surface area contributed by atoms with Crippen LogP contribution in [0.15, 0.2) is 47.1 Å². The molecule has 1 heterocycles. The lowest BCUT2D eigenvalue weighted by Crippen LogP contribution is -2.47. The first-order valence-electron chi connectivity index (χ1n) is 14.5. The summed E-state index contributed by atoms with van der Waals surface area (Å²) in [5, 5.41) is 0. The second-order valence-electron chi connectivity index (χ2n) is 10.5. The Balaban J connectivity index is 1.73. The van der Waals surface area contributed by atoms with Gasteiger partial charge in [-0.2, -0.15) is 0 Å². The van der Waals surface area contributed by atoms with Crippen molar-refractivity contribution in [2.75, 3.05) is 26.8 Å². The van der Waals surface area contributed by atoms with Crippen molar-refractivity contribution in [1.29, 1.82) is 0 Å². The van der Waals surface area contributed by atoms with Crippen LogP contribution in [0.2, 0.25) is 0 Å². The van der Waals surface area contributed by atoms with Gasteiger partial charge in [0.2, 0.25) is 11.8 Å². The number of aromatic nitrogens is 1. The van der Waals surface area contributed by atoms with E-state index in [-0.39, 0.29) is 24.4 Å². The Hall–Kier alpha value is -2.12. The zero-order valence-electron chi connectivity index (χ0n) is 23.4. The van der Waals surface area contributed by atoms with Gasteiger partial charge in [0.1, 0.15) is 0 Å². The minimum atomic E-state index is 0.0626. The molecule has 7 heteroatoms. The first-order chi connectivity index (χ1) is 18.5. The van der Waals surface area contributed by atoms with Gasteiger partial charge in [0.05, 0.1) is 13.1 Å². The highest BCUT2D eigenvalue weighted by atomic mass is 79.9. The van der Waals surface area contributed by atoms with E-state index >= 15 is 0 Å². The van der Waals surface area contributed by atoms with Crippen LogP contribution in [-0.2, 0) is 27.4 Å². The van der Waals surface area contributed by atoms with Gasteiger partial charge in [0.15, 0.2) is 0 Å². The van der Waals surface area contributed by atoms with E-state index in [0.717, 1.165) is 74.5 Å². The number of hydrogen-bond donors (Lipinski definition) is 0. The van der Waals surface area contributed by atoms with E-state index in [2.05, 4.69) is 74.9 Å². The van der Waals surface area contributed by atoms with Crippen LogP contribution < -0.4 is 0 Å². The molecule has 0 bridgehead atoms. The number of methoxy groups -OCH3 is 1. The molecular formula is C31H46BrN3O3. The molecule has 1 fully saturated rings. The molecule has 38 heavy (non-hydrogen) atoms. The lowest BCUT2D eigenvalue weighted by atomic mass is 9.94. The quantitative estimate of drug-likeness (QED) is 0.203. The van der Waals surface area contributed by atoms with Gasteiger partial charge in [-0.25, -0.2) is 0 Å². The summed E-state index contributed by atoms with van der Waals surface area (Å²) in [6.45, 7) is 4.81. The van der Waals surface area contributed by atoms with Crippen LogP contribution in [0.4, 0.5) is 0 Å². The van der Waals surface area contributed by atoms with E-state index in [1.165, 1.54) is 12.0 Å². The molecule has 0 aliphatic heterocycles. The summed E-state index contributed by atoms with van der Waals surface area (Å²) in [6.07, 6.45) is 13.2. The molecule has 0 spiro atoms. The summed E-state index contributed by atoms with van der Waals surface area (Å²) >= 11 is 3.51. The third kappa shape index (κ3) is 9.88. The van der Waals surface area contributed by atoms with Crippen molar-refractivity contribution in [3.05, 3.63) is 58.3 Å². The van der Waals surface area contributed by atoms with Crippen LogP contribution in [0.5, 0.6) is 0 Å². The van der Waals surface area contributed by atoms with Gasteiger partial charge < -0.3 is 19.1 Å². The van der Waals surface area contributed by atoms with E-state index in [1.54, 1.807) is 12.0 Å². The highest BCUT2D eigenvalue weighted by molar-refractivity contribution is 9.10. The number of unbranched alkanes of at least 4 members (excludes halogenated alkanes) is 3. The lowest BCUT2D eigenvalue weighted by molar-refractivity contribution is -0.143. The molecule has 2 amide bonds. The van der Waals surface area contributed by atoms with E-state index in [4.69, 9.17) is 4.74 Å². The molecule has 2 aromatic rings. The van der Waals surface area contributed by atoms with Gasteiger partial charge in [-0.15, -0.1) is 0 Å². The molecule has 1 aliphatic rings. The number of hydrogen-bond acceptors (Lipinski definition) is 3. The molecule has 1 saturated carbocycles. The van der Waals surface area contributed by atoms with Gasteiger partial charge in [-0.1, -0.05) is 73.5 Å². The van der Waals surface area contributed by atoms with E-state index < -0.39 is 0 Å². The summed E-state index contributed by atoms with van der Waals surface area (Å²) in [5.74, 6) is 0.153. The molecular weight excluding hydrogens is 542 g/mol. The topological polar surface area (TPSA) is 54.8 Å².